The van der Waals surface area contributed by atoms with Crippen LogP contribution in [0.4, 0.5) is 0 Å². The smallest absolute Gasteiger partial charge is 0.164 e. The fourth-order valence-electron chi connectivity index (χ4n) is 9.26. The molecule has 0 bridgehead atoms. The second kappa shape index (κ2) is 12.7. The Kier molecular flexibility index (Phi) is 6.95. The van der Waals surface area contributed by atoms with E-state index in [4.69, 9.17) is 23.8 Å². The maximum absolute atomic E-state index is 6.18. The van der Waals surface area contributed by atoms with Crippen LogP contribution in [0.5, 0.6) is 0 Å². The van der Waals surface area contributed by atoms with Gasteiger partial charge >= 0.3 is 0 Å². The molecule has 0 N–H and O–H groups in total. The Balaban J connectivity index is 0.945. The normalized spacial score (nSPS) is 12.0. The molecule has 5 nitrogen and oxygen atoms in total. The molecule has 1 aliphatic rings. The van der Waals surface area contributed by atoms with Crippen molar-refractivity contribution in [2.75, 3.05) is 0 Å². The van der Waals surface area contributed by atoms with Gasteiger partial charge in [0, 0.05) is 38.2 Å². The van der Waals surface area contributed by atoms with Crippen molar-refractivity contribution in [2.45, 2.75) is 0 Å². The van der Waals surface area contributed by atoms with E-state index in [1.165, 1.54) is 44.2 Å². The molecule has 0 aliphatic heterocycles. The lowest BCUT2D eigenvalue weighted by Crippen LogP contribution is -2.00. The molecule has 13 rings (SSSR count). The lowest BCUT2D eigenvalue weighted by atomic mass is 9.92. The van der Waals surface area contributed by atoms with E-state index in [2.05, 4.69) is 127 Å². The van der Waals surface area contributed by atoms with Gasteiger partial charge < -0.3 is 8.83 Å². The van der Waals surface area contributed by atoms with Crippen LogP contribution in [0.2, 0.25) is 0 Å². The van der Waals surface area contributed by atoms with Crippen molar-refractivity contribution in [1.82, 2.24) is 15.0 Å². The summed E-state index contributed by atoms with van der Waals surface area (Å²) >= 11 is 0. The molecule has 0 unspecified atom stereocenters. The average Bonchev–Trinajstić information content (AvgIpc) is 3.99. The van der Waals surface area contributed by atoms with Crippen LogP contribution < -0.4 is 0 Å². The van der Waals surface area contributed by atoms with E-state index in [0.29, 0.717) is 17.5 Å². The van der Waals surface area contributed by atoms with E-state index in [0.717, 1.165) is 71.7 Å². The quantitative estimate of drug-likeness (QED) is 0.175. The van der Waals surface area contributed by atoms with Gasteiger partial charge in [0.25, 0.3) is 0 Å². The topological polar surface area (TPSA) is 65.0 Å². The molecular formula is C55H31N3O2. The molecular weight excluding hydrogens is 735 g/mol. The molecule has 278 valence electrons. The fraction of sp³-hybridized carbons (Fsp3) is 0. The fourth-order valence-corrected chi connectivity index (χ4v) is 9.26. The molecule has 0 radical (unpaired) electrons. The van der Waals surface area contributed by atoms with Crippen molar-refractivity contribution in [1.29, 1.82) is 0 Å². The third-order valence-electron chi connectivity index (χ3n) is 12.1. The Morgan fingerprint density at radius 3 is 1.28 bits per heavy atom. The highest BCUT2D eigenvalue weighted by molar-refractivity contribution is 6.18. The Hall–Kier alpha value is -8.15. The molecule has 0 spiro atoms. The van der Waals surface area contributed by atoms with Crippen molar-refractivity contribution in [3.63, 3.8) is 0 Å². The predicted molar refractivity (Wildman–Crippen MR) is 243 cm³/mol. The summed E-state index contributed by atoms with van der Waals surface area (Å²) in [5.41, 5.74) is 15.8. The Bertz CT molecular complexity index is 3580. The first kappa shape index (κ1) is 32.9. The van der Waals surface area contributed by atoms with Crippen LogP contribution >= 0.6 is 0 Å². The molecule has 0 atom stereocenters. The van der Waals surface area contributed by atoms with Crippen molar-refractivity contribution < 1.29 is 8.83 Å². The first-order valence-electron chi connectivity index (χ1n) is 20.2. The van der Waals surface area contributed by atoms with Crippen LogP contribution in [0.1, 0.15) is 0 Å². The van der Waals surface area contributed by atoms with E-state index in [-0.39, 0.29) is 0 Å². The summed E-state index contributed by atoms with van der Waals surface area (Å²) in [7, 11) is 0. The van der Waals surface area contributed by atoms with Gasteiger partial charge in [-0.25, -0.2) is 15.0 Å². The van der Waals surface area contributed by atoms with Gasteiger partial charge in [-0.2, -0.15) is 0 Å². The van der Waals surface area contributed by atoms with Gasteiger partial charge in [0.15, 0.2) is 17.5 Å². The standard InChI is InChI=1S/C55H31N3O2/c1-2-15-40-39(14-1)44-19-9-18-43-38(24-25-45(40)52(43)44)34-12-7-10-32(28-34)33-11-8-13-35(29-33)53-56-54(36-22-26-50-46(30-36)41-16-3-5-20-48(41)59-50)58-55(57-53)37-23-27-51-47(31-37)42-17-4-6-21-49(42)60-51/h1-31H. The number of nitrogens with zero attached hydrogens (tertiary/aromatic N) is 3. The van der Waals surface area contributed by atoms with Crippen LogP contribution in [0, 0.1) is 0 Å². The van der Waals surface area contributed by atoms with E-state index in [1.54, 1.807) is 0 Å². The zero-order valence-electron chi connectivity index (χ0n) is 32.1. The lowest BCUT2D eigenvalue weighted by molar-refractivity contribution is 0.668. The third-order valence-corrected chi connectivity index (χ3v) is 12.1. The number of furan rings is 2. The summed E-state index contributed by atoms with van der Waals surface area (Å²) in [5, 5.41) is 6.73. The monoisotopic (exact) mass is 765 g/mol. The number of para-hydroxylation sites is 2. The van der Waals surface area contributed by atoms with Crippen LogP contribution in [0.3, 0.4) is 0 Å². The predicted octanol–water partition coefficient (Wildman–Crippen LogP) is 14.8. The maximum Gasteiger partial charge on any atom is 0.164 e. The molecule has 0 saturated heterocycles. The van der Waals surface area contributed by atoms with Crippen LogP contribution in [0.25, 0.3) is 133 Å². The Labute approximate surface area is 343 Å². The molecule has 3 aromatic heterocycles. The minimum absolute atomic E-state index is 0.584. The summed E-state index contributed by atoms with van der Waals surface area (Å²) in [4.78, 5) is 15.5. The second-order valence-corrected chi connectivity index (χ2v) is 15.5. The highest BCUT2D eigenvalue weighted by Crippen LogP contribution is 2.49. The summed E-state index contributed by atoms with van der Waals surface area (Å²) in [6, 6.07) is 65.9. The van der Waals surface area contributed by atoms with Crippen molar-refractivity contribution in [3.8, 4) is 78.7 Å². The van der Waals surface area contributed by atoms with Gasteiger partial charge in [0.2, 0.25) is 0 Å². The average molecular weight is 766 g/mol. The molecule has 12 aromatic rings. The van der Waals surface area contributed by atoms with Crippen LogP contribution in [-0.4, -0.2) is 15.0 Å². The number of rotatable bonds is 5. The molecule has 3 heterocycles. The number of benzene rings is 9. The Morgan fingerprint density at radius 1 is 0.250 bits per heavy atom. The van der Waals surface area contributed by atoms with Gasteiger partial charge in [0.05, 0.1) is 0 Å². The van der Waals surface area contributed by atoms with Gasteiger partial charge in [-0.3, -0.25) is 0 Å². The highest BCUT2D eigenvalue weighted by atomic mass is 16.3. The second-order valence-electron chi connectivity index (χ2n) is 15.5. The van der Waals surface area contributed by atoms with Crippen molar-refractivity contribution >= 4 is 54.6 Å². The largest absolute Gasteiger partial charge is 0.456 e. The van der Waals surface area contributed by atoms with Gasteiger partial charge in [-0.1, -0.05) is 127 Å². The van der Waals surface area contributed by atoms with Crippen molar-refractivity contribution in [3.05, 3.63) is 188 Å². The van der Waals surface area contributed by atoms with E-state index < -0.39 is 0 Å². The SMILES string of the molecule is c1cc(-c2cccc(-c3ccc4c5c(cccc35)-c3ccccc3-4)c2)cc(-c2nc(-c3ccc4oc5ccccc5c4c3)nc(-c3ccc4oc5ccccc5c4c3)n2)c1. The minimum atomic E-state index is 0.584. The first-order valence-corrected chi connectivity index (χ1v) is 20.2. The summed E-state index contributed by atoms with van der Waals surface area (Å²) in [6.45, 7) is 0. The lowest BCUT2D eigenvalue weighted by Gasteiger charge is -2.12. The molecule has 0 amide bonds. The maximum atomic E-state index is 6.18. The van der Waals surface area contributed by atoms with Gasteiger partial charge in [0.1, 0.15) is 22.3 Å². The molecule has 1 aliphatic carbocycles. The number of hydrogen-bond acceptors (Lipinski definition) is 5. The number of aromatic nitrogens is 3. The molecule has 5 heteroatoms. The molecule has 0 saturated carbocycles. The minimum Gasteiger partial charge on any atom is -0.456 e. The van der Waals surface area contributed by atoms with Gasteiger partial charge in [-0.05, 0) is 116 Å². The Morgan fingerprint density at radius 2 is 0.667 bits per heavy atom. The highest BCUT2D eigenvalue weighted by Gasteiger charge is 2.23. The number of hydrogen-bond donors (Lipinski definition) is 0. The summed E-state index contributed by atoms with van der Waals surface area (Å²) in [5.74, 6) is 1.76. The molecule has 0 fully saturated rings. The van der Waals surface area contributed by atoms with E-state index in [9.17, 15) is 0 Å². The van der Waals surface area contributed by atoms with E-state index in [1.807, 2.05) is 60.7 Å². The molecule has 60 heavy (non-hydrogen) atoms. The number of fused-ring (bicyclic) bond motifs is 9. The van der Waals surface area contributed by atoms with Crippen LogP contribution in [-0.2, 0) is 0 Å². The third kappa shape index (κ3) is 5.03. The molecule has 9 aromatic carbocycles. The zero-order valence-corrected chi connectivity index (χ0v) is 32.1. The van der Waals surface area contributed by atoms with E-state index >= 15 is 0 Å². The van der Waals surface area contributed by atoms with Gasteiger partial charge in [-0.15, -0.1) is 0 Å². The van der Waals surface area contributed by atoms with Crippen molar-refractivity contribution in [2.24, 2.45) is 0 Å². The summed E-state index contributed by atoms with van der Waals surface area (Å²) < 4.78 is 12.4. The first-order chi connectivity index (χ1) is 29.7. The zero-order chi connectivity index (χ0) is 39.3. The van der Waals surface area contributed by atoms with Crippen LogP contribution in [0.15, 0.2) is 197 Å². The summed E-state index contributed by atoms with van der Waals surface area (Å²) in [6.07, 6.45) is 0.